The van der Waals surface area contributed by atoms with Crippen LogP contribution in [-0.2, 0) is 27.0 Å². The molecule has 3 aliphatic rings. The van der Waals surface area contributed by atoms with E-state index in [0.717, 1.165) is 0 Å². The van der Waals surface area contributed by atoms with Gasteiger partial charge in [-0.05, 0) is 48.7 Å². The zero-order valence-corrected chi connectivity index (χ0v) is 27.0. The maximum absolute atomic E-state index is 13.8. The second-order valence-corrected chi connectivity index (χ2v) is 12.8. The fraction of sp³-hybridized carbons (Fsp3) is 0.419. The lowest BCUT2D eigenvalue weighted by Crippen LogP contribution is -2.59. The van der Waals surface area contributed by atoms with Gasteiger partial charge in [0.25, 0.3) is 5.91 Å². The van der Waals surface area contributed by atoms with Gasteiger partial charge in [-0.1, -0.05) is 37.3 Å². The van der Waals surface area contributed by atoms with Crippen molar-refractivity contribution < 1.29 is 42.2 Å². The highest BCUT2D eigenvalue weighted by molar-refractivity contribution is 7.15. The zero-order valence-electron chi connectivity index (χ0n) is 26.2. The minimum Gasteiger partial charge on any atom is -0.507 e. The molecular formula is C31H34F3N7O6S. The minimum atomic E-state index is -4.60. The van der Waals surface area contributed by atoms with Gasteiger partial charge in [0.1, 0.15) is 35.4 Å². The highest BCUT2D eigenvalue weighted by Gasteiger charge is 2.37. The molecule has 0 spiro atoms. The van der Waals surface area contributed by atoms with Crippen molar-refractivity contribution in [3.05, 3.63) is 58.6 Å². The number of benzene rings is 2. The number of hydrogen-bond donors (Lipinski definition) is 4. The van der Waals surface area contributed by atoms with E-state index in [9.17, 15) is 37.5 Å². The second kappa shape index (κ2) is 14.0. The van der Waals surface area contributed by atoms with Crippen molar-refractivity contribution in [2.75, 3.05) is 31.1 Å². The SMILES string of the molecule is CC(C)[C@@H]1NC(=O)c2cc(ccc2O)Oc2ccc(cc2)C[C@H](C(=O)N2CCN(c3nnc(C(F)(F)F)s3)CC2)NC(=O)[C@H](C)NC1=O. The predicted octanol–water partition coefficient (Wildman–Crippen LogP) is 2.70. The second-order valence-electron chi connectivity index (χ2n) is 11.8. The highest BCUT2D eigenvalue weighted by Crippen LogP contribution is 2.34. The maximum Gasteiger partial charge on any atom is 0.445 e. The Morgan fingerprint density at radius 3 is 2.25 bits per heavy atom. The topological polar surface area (TPSA) is 166 Å². The first-order chi connectivity index (χ1) is 22.7. The summed E-state index contributed by atoms with van der Waals surface area (Å²) >= 11 is 0.430. The van der Waals surface area contributed by atoms with Crippen LogP contribution in [0.25, 0.3) is 0 Å². The van der Waals surface area contributed by atoms with Crippen LogP contribution in [-0.4, -0.2) is 88.1 Å². The molecule has 1 aromatic heterocycles. The van der Waals surface area contributed by atoms with Crippen molar-refractivity contribution >= 4 is 40.1 Å². The van der Waals surface area contributed by atoms with Crippen LogP contribution in [0.2, 0.25) is 0 Å². The number of nitrogens with zero attached hydrogens (tertiary/aromatic N) is 4. The van der Waals surface area contributed by atoms with E-state index < -0.39 is 58.9 Å². The molecule has 6 rings (SSSR count). The van der Waals surface area contributed by atoms with Crippen LogP contribution in [0.4, 0.5) is 18.3 Å². The third-order valence-corrected chi connectivity index (χ3v) is 8.96. The Labute approximate surface area is 277 Å². The molecule has 4 heterocycles. The van der Waals surface area contributed by atoms with Crippen molar-refractivity contribution in [3.63, 3.8) is 0 Å². The average Bonchev–Trinajstić information content (AvgIpc) is 3.55. The summed E-state index contributed by atoms with van der Waals surface area (Å²) in [6.07, 6.45) is -4.51. The third-order valence-electron chi connectivity index (χ3n) is 7.93. The number of aromatic hydroxyl groups is 1. The van der Waals surface area contributed by atoms with Gasteiger partial charge in [-0.3, -0.25) is 19.2 Å². The standard InChI is InChI=1S/C31H34F3N7O6S/c1-16(2)24-27(45)35-17(3)25(43)36-22(28(46)40-10-12-41(13-11-40)30-39-38-29(48-30)31(32,33)34)14-18-4-6-19(7-5-18)47-20-8-9-23(42)21(15-20)26(44)37-24/h4-9,15-17,22,24,42H,10-14H2,1-3H3,(H,35,45)(H,36,43)(H,37,44)/t17-,22+,24-/m0/s1. The van der Waals surface area contributed by atoms with E-state index in [4.69, 9.17) is 4.74 Å². The van der Waals surface area contributed by atoms with E-state index in [-0.39, 0.29) is 54.8 Å². The maximum atomic E-state index is 13.8. The van der Waals surface area contributed by atoms with Gasteiger partial charge < -0.3 is 35.6 Å². The van der Waals surface area contributed by atoms with E-state index in [1.54, 1.807) is 43.0 Å². The van der Waals surface area contributed by atoms with Crippen LogP contribution in [0, 0.1) is 5.92 Å². The van der Waals surface area contributed by atoms with E-state index in [1.165, 1.54) is 30.0 Å². The third kappa shape index (κ3) is 7.95. The van der Waals surface area contributed by atoms with Crippen molar-refractivity contribution in [2.24, 2.45) is 5.92 Å². The van der Waals surface area contributed by atoms with Gasteiger partial charge in [-0.2, -0.15) is 13.2 Å². The summed E-state index contributed by atoms with van der Waals surface area (Å²) in [4.78, 5) is 56.8. The van der Waals surface area contributed by atoms with E-state index in [1.807, 2.05) is 0 Å². The normalized spacial score (nSPS) is 21.1. The van der Waals surface area contributed by atoms with Crippen molar-refractivity contribution in [1.29, 1.82) is 0 Å². The van der Waals surface area contributed by atoms with Crippen LogP contribution in [0.15, 0.2) is 42.5 Å². The molecule has 0 saturated carbocycles. The molecule has 4 N–H and O–H groups in total. The number of halogens is 3. The monoisotopic (exact) mass is 689 g/mol. The molecule has 256 valence electrons. The number of anilines is 1. The first-order valence-electron chi connectivity index (χ1n) is 15.2. The summed E-state index contributed by atoms with van der Waals surface area (Å²) in [5.74, 6) is -2.48. The Balaban J connectivity index is 1.38. The number of hydrogen-bond acceptors (Lipinski definition) is 10. The molecule has 1 fully saturated rings. The van der Waals surface area contributed by atoms with E-state index in [0.29, 0.717) is 22.6 Å². The van der Waals surface area contributed by atoms with Gasteiger partial charge in [0.2, 0.25) is 27.9 Å². The van der Waals surface area contributed by atoms with Crippen LogP contribution in [0.3, 0.4) is 0 Å². The van der Waals surface area contributed by atoms with E-state index in [2.05, 4.69) is 26.1 Å². The van der Waals surface area contributed by atoms with E-state index >= 15 is 0 Å². The zero-order chi connectivity index (χ0) is 34.7. The summed E-state index contributed by atoms with van der Waals surface area (Å²) in [6.45, 7) is 5.60. The fourth-order valence-corrected chi connectivity index (χ4v) is 6.01. The molecule has 0 radical (unpaired) electrons. The van der Waals surface area contributed by atoms with Crippen LogP contribution >= 0.6 is 11.3 Å². The van der Waals surface area contributed by atoms with Gasteiger partial charge >= 0.3 is 6.18 Å². The number of carbonyl (C=O) groups excluding carboxylic acids is 4. The number of phenolic OH excluding ortho intramolecular Hbond substituents is 1. The number of aromatic nitrogens is 2. The van der Waals surface area contributed by atoms with Crippen molar-refractivity contribution in [1.82, 2.24) is 31.0 Å². The van der Waals surface area contributed by atoms with Gasteiger partial charge in [0.05, 0.1) is 5.56 Å². The highest BCUT2D eigenvalue weighted by atomic mass is 32.1. The number of piperazine rings is 1. The Kier molecular flexibility index (Phi) is 10.1. The minimum absolute atomic E-state index is 0.0884. The number of phenols is 1. The summed E-state index contributed by atoms with van der Waals surface area (Å²) in [5, 5.41) is 24.3. The number of alkyl halides is 3. The lowest BCUT2D eigenvalue weighted by molar-refractivity contribution is -0.138. The van der Waals surface area contributed by atoms with Gasteiger partial charge in [-0.25, -0.2) is 0 Å². The largest absolute Gasteiger partial charge is 0.507 e. The molecular weight excluding hydrogens is 655 g/mol. The molecule has 17 heteroatoms. The smallest absolute Gasteiger partial charge is 0.445 e. The molecule has 3 aliphatic heterocycles. The Hall–Kier alpha value is -4.93. The number of fused-ring (bicyclic) bond motifs is 11. The Morgan fingerprint density at radius 2 is 1.62 bits per heavy atom. The Morgan fingerprint density at radius 1 is 0.958 bits per heavy atom. The van der Waals surface area contributed by atoms with Crippen LogP contribution in [0.5, 0.6) is 17.2 Å². The van der Waals surface area contributed by atoms with Gasteiger partial charge in [0, 0.05) is 32.6 Å². The molecule has 1 saturated heterocycles. The summed E-state index contributed by atoms with van der Waals surface area (Å²) in [5.41, 5.74) is 0.572. The van der Waals surface area contributed by atoms with Crippen LogP contribution in [0.1, 0.15) is 41.7 Å². The van der Waals surface area contributed by atoms with Crippen LogP contribution < -0.4 is 25.6 Å². The molecule has 13 nitrogen and oxygen atoms in total. The molecule has 0 unspecified atom stereocenters. The lowest BCUT2D eigenvalue weighted by Gasteiger charge is -2.36. The van der Waals surface area contributed by atoms with Crippen molar-refractivity contribution in [3.8, 4) is 17.2 Å². The summed E-state index contributed by atoms with van der Waals surface area (Å²) in [6, 6.07) is 7.64. The molecule has 4 amide bonds. The number of ether oxygens (including phenoxy) is 1. The van der Waals surface area contributed by atoms with Crippen molar-refractivity contribution in [2.45, 2.75) is 51.5 Å². The molecule has 0 aliphatic carbocycles. The molecule has 2 aromatic carbocycles. The number of carbonyl (C=O) groups is 4. The van der Waals surface area contributed by atoms with Gasteiger partial charge in [0.15, 0.2) is 0 Å². The summed E-state index contributed by atoms with van der Waals surface area (Å²) < 4.78 is 45.0. The first-order valence-corrected chi connectivity index (χ1v) is 16.0. The number of nitrogens with one attached hydrogen (secondary N) is 3. The lowest BCUT2D eigenvalue weighted by atomic mass is 10.0. The molecule has 3 atom stereocenters. The number of amides is 4. The average molecular weight is 690 g/mol. The van der Waals surface area contributed by atoms with Gasteiger partial charge in [-0.15, -0.1) is 10.2 Å². The Bertz CT molecular complexity index is 1680. The first kappa shape index (κ1) is 34.4. The molecule has 4 bridgehead atoms. The fourth-order valence-electron chi connectivity index (χ4n) is 5.24. The number of rotatable bonds is 3. The quantitative estimate of drug-likeness (QED) is 0.303. The predicted molar refractivity (Wildman–Crippen MR) is 168 cm³/mol. The molecule has 48 heavy (non-hydrogen) atoms. The molecule has 3 aromatic rings. The summed E-state index contributed by atoms with van der Waals surface area (Å²) in [7, 11) is 0.